The van der Waals surface area contributed by atoms with Crippen molar-refractivity contribution in [1.82, 2.24) is 4.90 Å². The van der Waals surface area contributed by atoms with Gasteiger partial charge < -0.3 is 9.47 Å². The smallest absolute Gasteiger partial charge is 0.122 e. The minimum Gasteiger partial charge on any atom is -0.496 e. The second-order valence-electron chi connectivity index (χ2n) is 6.21. The third-order valence-electron chi connectivity index (χ3n) is 4.60. The van der Waals surface area contributed by atoms with Crippen molar-refractivity contribution in [2.24, 2.45) is 0 Å². The SMILES string of the molecule is COc1cccc2c1CC(N1CC(C)OC(C)C1)CC2. The van der Waals surface area contributed by atoms with E-state index < -0.39 is 0 Å². The molecule has 0 saturated carbocycles. The summed E-state index contributed by atoms with van der Waals surface area (Å²) in [5.41, 5.74) is 2.88. The molecule has 2 aliphatic rings. The molecule has 1 fully saturated rings. The molecule has 0 spiro atoms. The molecule has 0 bridgehead atoms. The van der Waals surface area contributed by atoms with Gasteiger partial charge in [-0.3, -0.25) is 4.90 Å². The van der Waals surface area contributed by atoms with Crippen LogP contribution in [-0.2, 0) is 17.6 Å². The van der Waals surface area contributed by atoms with Gasteiger partial charge in [0.25, 0.3) is 0 Å². The third kappa shape index (κ3) is 2.70. The summed E-state index contributed by atoms with van der Waals surface area (Å²) >= 11 is 0. The second kappa shape index (κ2) is 5.74. The molecular weight excluding hydrogens is 250 g/mol. The van der Waals surface area contributed by atoms with Crippen molar-refractivity contribution < 1.29 is 9.47 Å². The predicted octanol–water partition coefficient (Wildman–Crippen LogP) is 2.66. The van der Waals surface area contributed by atoms with Crippen LogP contribution >= 0.6 is 0 Å². The molecule has 1 aromatic rings. The monoisotopic (exact) mass is 275 g/mol. The molecule has 20 heavy (non-hydrogen) atoms. The van der Waals surface area contributed by atoms with Gasteiger partial charge in [-0.25, -0.2) is 0 Å². The normalized spacial score (nSPS) is 30.9. The van der Waals surface area contributed by atoms with Gasteiger partial charge in [-0.1, -0.05) is 12.1 Å². The summed E-state index contributed by atoms with van der Waals surface area (Å²) < 4.78 is 11.4. The lowest BCUT2D eigenvalue weighted by atomic mass is 9.86. The summed E-state index contributed by atoms with van der Waals surface area (Å²) in [5.74, 6) is 1.06. The molecular formula is C17H25NO2. The fraction of sp³-hybridized carbons (Fsp3) is 0.647. The van der Waals surface area contributed by atoms with E-state index in [1.807, 2.05) is 0 Å². The van der Waals surface area contributed by atoms with Gasteiger partial charge in [0.15, 0.2) is 0 Å². The summed E-state index contributed by atoms with van der Waals surface area (Å²) in [5, 5.41) is 0. The average molecular weight is 275 g/mol. The van der Waals surface area contributed by atoms with E-state index in [4.69, 9.17) is 9.47 Å². The maximum absolute atomic E-state index is 5.86. The Morgan fingerprint density at radius 3 is 2.65 bits per heavy atom. The first kappa shape index (κ1) is 13.9. The summed E-state index contributed by atoms with van der Waals surface area (Å²) in [6.45, 7) is 6.47. The van der Waals surface area contributed by atoms with Gasteiger partial charge in [0.05, 0.1) is 19.3 Å². The number of rotatable bonds is 2. The predicted molar refractivity (Wildman–Crippen MR) is 80.4 cm³/mol. The largest absolute Gasteiger partial charge is 0.496 e. The highest BCUT2D eigenvalue weighted by molar-refractivity contribution is 5.42. The molecule has 0 N–H and O–H groups in total. The lowest BCUT2D eigenvalue weighted by Gasteiger charge is -2.42. The number of hydrogen-bond acceptors (Lipinski definition) is 3. The zero-order valence-corrected chi connectivity index (χ0v) is 12.8. The molecule has 3 rings (SSSR count). The van der Waals surface area contributed by atoms with Crippen molar-refractivity contribution in [3.63, 3.8) is 0 Å². The van der Waals surface area contributed by atoms with Crippen LogP contribution < -0.4 is 4.74 Å². The van der Waals surface area contributed by atoms with E-state index >= 15 is 0 Å². The highest BCUT2D eigenvalue weighted by Gasteiger charge is 2.31. The maximum atomic E-state index is 5.86. The van der Waals surface area contributed by atoms with Gasteiger partial charge in [0.2, 0.25) is 0 Å². The Kier molecular flexibility index (Phi) is 3.99. The van der Waals surface area contributed by atoms with E-state index in [2.05, 4.69) is 36.9 Å². The highest BCUT2D eigenvalue weighted by atomic mass is 16.5. The van der Waals surface area contributed by atoms with Crippen LogP contribution in [0.1, 0.15) is 31.4 Å². The number of benzene rings is 1. The van der Waals surface area contributed by atoms with Crippen molar-refractivity contribution >= 4 is 0 Å². The minimum atomic E-state index is 0.345. The van der Waals surface area contributed by atoms with E-state index in [1.165, 1.54) is 17.5 Å². The quantitative estimate of drug-likeness (QED) is 0.828. The molecule has 3 unspecified atom stereocenters. The molecule has 0 amide bonds. The first-order chi connectivity index (χ1) is 9.67. The summed E-state index contributed by atoms with van der Waals surface area (Å²) in [7, 11) is 1.78. The van der Waals surface area contributed by atoms with E-state index in [0.717, 1.165) is 31.7 Å². The van der Waals surface area contributed by atoms with Crippen LogP contribution in [0.5, 0.6) is 5.75 Å². The van der Waals surface area contributed by atoms with Gasteiger partial charge in [0, 0.05) is 19.1 Å². The molecule has 0 aromatic heterocycles. The van der Waals surface area contributed by atoms with Gasteiger partial charge in [0.1, 0.15) is 5.75 Å². The number of morpholine rings is 1. The first-order valence-electron chi connectivity index (χ1n) is 7.71. The number of fused-ring (bicyclic) bond motifs is 1. The van der Waals surface area contributed by atoms with Crippen molar-refractivity contribution in [2.75, 3.05) is 20.2 Å². The Morgan fingerprint density at radius 1 is 1.20 bits per heavy atom. The number of ether oxygens (including phenoxy) is 2. The molecule has 1 heterocycles. The van der Waals surface area contributed by atoms with Crippen LogP contribution in [0.2, 0.25) is 0 Å². The molecule has 3 nitrogen and oxygen atoms in total. The molecule has 1 aromatic carbocycles. The van der Waals surface area contributed by atoms with Crippen molar-refractivity contribution in [3.05, 3.63) is 29.3 Å². The van der Waals surface area contributed by atoms with Crippen LogP contribution in [0.3, 0.4) is 0 Å². The Labute approximate surface area is 121 Å². The van der Waals surface area contributed by atoms with Crippen molar-refractivity contribution in [3.8, 4) is 5.75 Å². The molecule has 3 atom stereocenters. The minimum absolute atomic E-state index is 0.345. The van der Waals surface area contributed by atoms with E-state index in [0.29, 0.717) is 18.2 Å². The first-order valence-corrected chi connectivity index (χ1v) is 7.71. The Balaban J connectivity index is 1.78. The second-order valence-corrected chi connectivity index (χ2v) is 6.21. The standard InChI is InChI=1S/C17H25NO2/c1-12-10-18(11-13(2)20-12)15-8-7-14-5-4-6-17(19-3)16(14)9-15/h4-6,12-13,15H,7-11H2,1-3H3. The lowest BCUT2D eigenvalue weighted by molar-refractivity contribution is -0.0816. The van der Waals surface area contributed by atoms with Gasteiger partial charge in [-0.2, -0.15) is 0 Å². The molecule has 1 aliphatic carbocycles. The fourth-order valence-corrected chi connectivity index (χ4v) is 3.76. The van der Waals surface area contributed by atoms with E-state index in [-0.39, 0.29) is 0 Å². The number of methoxy groups -OCH3 is 1. The van der Waals surface area contributed by atoms with E-state index in [1.54, 1.807) is 7.11 Å². The van der Waals surface area contributed by atoms with Crippen molar-refractivity contribution in [2.45, 2.75) is 51.4 Å². The zero-order valence-electron chi connectivity index (χ0n) is 12.8. The molecule has 3 heteroatoms. The van der Waals surface area contributed by atoms with E-state index in [9.17, 15) is 0 Å². The van der Waals surface area contributed by atoms with Crippen LogP contribution in [-0.4, -0.2) is 43.3 Å². The van der Waals surface area contributed by atoms with Gasteiger partial charge in [-0.05, 0) is 50.3 Å². The van der Waals surface area contributed by atoms with Crippen LogP contribution in [0, 0.1) is 0 Å². The number of aryl methyl sites for hydroxylation is 1. The number of nitrogens with zero attached hydrogens (tertiary/aromatic N) is 1. The molecule has 110 valence electrons. The van der Waals surface area contributed by atoms with Gasteiger partial charge in [-0.15, -0.1) is 0 Å². The third-order valence-corrected chi connectivity index (χ3v) is 4.60. The number of hydrogen-bond donors (Lipinski definition) is 0. The van der Waals surface area contributed by atoms with Gasteiger partial charge >= 0.3 is 0 Å². The maximum Gasteiger partial charge on any atom is 0.122 e. The van der Waals surface area contributed by atoms with Crippen molar-refractivity contribution in [1.29, 1.82) is 0 Å². The highest BCUT2D eigenvalue weighted by Crippen LogP contribution is 2.32. The fourth-order valence-electron chi connectivity index (χ4n) is 3.76. The summed E-state index contributed by atoms with van der Waals surface area (Å²) in [6, 6.07) is 7.08. The topological polar surface area (TPSA) is 21.7 Å². The van der Waals surface area contributed by atoms with Crippen LogP contribution in [0.4, 0.5) is 0 Å². The molecule has 1 saturated heterocycles. The summed E-state index contributed by atoms with van der Waals surface area (Å²) in [4.78, 5) is 2.62. The Hall–Kier alpha value is -1.06. The zero-order chi connectivity index (χ0) is 14.1. The van der Waals surface area contributed by atoms with Crippen LogP contribution in [0.25, 0.3) is 0 Å². The molecule has 1 aliphatic heterocycles. The van der Waals surface area contributed by atoms with Crippen LogP contribution in [0.15, 0.2) is 18.2 Å². The Morgan fingerprint density at radius 2 is 1.95 bits per heavy atom. The summed E-state index contributed by atoms with van der Waals surface area (Å²) in [6.07, 6.45) is 4.21. The Bertz CT molecular complexity index is 450. The molecule has 0 radical (unpaired) electrons. The average Bonchev–Trinajstić information content (AvgIpc) is 2.45. The lowest BCUT2D eigenvalue weighted by Crippen LogP contribution is -2.51.